The van der Waals surface area contributed by atoms with Crippen LogP contribution in [0.4, 0.5) is 15.9 Å². The topological polar surface area (TPSA) is 100 Å². The van der Waals surface area contributed by atoms with Gasteiger partial charge in [-0.1, -0.05) is 0 Å². The SMILES string of the molecule is CC(=O)N1CCN(c2ccc(-c3c(C4CCOCC4)n(-c4ccc(F)cc4)c4cc(C=N)c(N)cc34)cn2)CC1. The van der Waals surface area contributed by atoms with Gasteiger partial charge >= 0.3 is 0 Å². The number of nitrogens with zero attached hydrogens (tertiary/aromatic N) is 4. The molecule has 3 N–H and O–H groups in total. The number of rotatable bonds is 5. The van der Waals surface area contributed by atoms with E-state index in [4.69, 9.17) is 20.9 Å². The highest BCUT2D eigenvalue weighted by Crippen LogP contribution is 2.44. The van der Waals surface area contributed by atoms with Crippen LogP contribution in [0.1, 0.15) is 36.9 Å². The first kappa shape index (κ1) is 26.0. The van der Waals surface area contributed by atoms with Crippen molar-refractivity contribution in [3.63, 3.8) is 0 Å². The molecule has 2 fully saturated rings. The summed E-state index contributed by atoms with van der Waals surface area (Å²) in [5, 5.41) is 8.89. The van der Waals surface area contributed by atoms with E-state index >= 15 is 0 Å². The fraction of sp³-hybridized carbons (Fsp3) is 0.323. The predicted molar refractivity (Wildman–Crippen MR) is 156 cm³/mol. The van der Waals surface area contributed by atoms with E-state index in [1.165, 1.54) is 18.3 Å². The van der Waals surface area contributed by atoms with Gasteiger partial charge in [0.25, 0.3) is 0 Å². The maximum atomic E-state index is 14.0. The summed E-state index contributed by atoms with van der Waals surface area (Å²) in [6.07, 6.45) is 4.92. The number of aromatic nitrogens is 2. The molecule has 2 aromatic carbocycles. The Morgan fingerprint density at radius 1 is 1.07 bits per heavy atom. The van der Waals surface area contributed by atoms with Crippen LogP contribution in [-0.4, -0.2) is 66.0 Å². The number of amides is 1. The fourth-order valence-electron chi connectivity index (χ4n) is 6.01. The molecule has 0 saturated carbocycles. The van der Waals surface area contributed by atoms with Crippen LogP contribution in [0, 0.1) is 11.2 Å². The van der Waals surface area contributed by atoms with E-state index in [1.54, 1.807) is 19.1 Å². The Morgan fingerprint density at radius 3 is 2.42 bits per heavy atom. The van der Waals surface area contributed by atoms with Crippen LogP contribution in [0.15, 0.2) is 54.7 Å². The number of fused-ring (bicyclic) bond motifs is 1. The lowest BCUT2D eigenvalue weighted by molar-refractivity contribution is -0.129. The number of pyridine rings is 1. The van der Waals surface area contributed by atoms with E-state index in [-0.39, 0.29) is 17.6 Å². The molecule has 0 spiro atoms. The van der Waals surface area contributed by atoms with E-state index in [0.717, 1.165) is 65.2 Å². The number of nitrogen functional groups attached to an aromatic ring is 1. The van der Waals surface area contributed by atoms with Gasteiger partial charge in [-0.05, 0) is 61.4 Å². The molecule has 0 aliphatic carbocycles. The van der Waals surface area contributed by atoms with Gasteiger partial charge in [-0.15, -0.1) is 0 Å². The van der Waals surface area contributed by atoms with E-state index in [1.807, 2.05) is 29.3 Å². The van der Waals surface area contributed by atoms with Crippen LogP contribution < -0.4 is 10.6 Å². The molecule has 0 radical (unpaired) electrons. The summed E-state index contributed by atoms with van der Waals surface area (Å²) in [6.45, 7) is 5.81. The molecular formula is C31H33FN6O2. The molecule has 0 atom stereocenters. The zero-order chi connectivity index (χ0) is 27.8. The number of benzene rings is 2. The number of nitrogens with one attached hydrogen (secondary N) is 1. The van der Waals surface area contributed by atoms with Gasteiger partial charge in [0, 0.05) is 104 Å². The number of hydrogen-bond donors (Lipinski definition) is 2. The maximum Gasteiger partial charge on any atom is 0.219 e. The molecule has 8 nitrogen and oxygen atoms in total. The van der Waals surface area contributed by atoms with Crippen molar-refractivity contribution in [2.24, 2.45) is 0 Å². The number of hydrogen-bond acceptors (Lipinski definition) is 6. The van der Waals surface area contributed by atoms with Gasteiger partial charge in [0.1, 0.15) is 11.6 Å². The molecule has 1 amide bonds. The summed E-state index contributed by atoms with van der Waals surface area (Å²) in [5.41, 5.74) is 12.5. The summed E-state index contributed by atoms with van der Waals surface area (Å²) >= 11 is 0. The quantitative estimate of drug-likeness (QED) is 0.275. The lowest BCUT2D eigenvalue weighted by Gasteiger charge is -2.35. The Bertz CT molecular complexity index is 1550. The summed E-state index contributed by atoms with van der Waals surface area (Å²) in [5.74, 6) is 0.908. The van der Waals surface area contributed by atoms with Crippen LogP contribution in [0.5, 0.6) is 0 Å². The normalized spacial score (nSPS) is 16.4. The molecule has 9 heteroatoms. The van der Waals surface area contributed by atoms with Crippen molar-refractivity contribution in [3.05, 3.63) is 71.8 Å². The van der Waals surface area contributed by atoms with Crippen molar-refractivity contribution >= 4 is 34.5 Å². The van der Waals surface area contributed by atoms with Crippen molar-refractivity contribution in [2.75, 3.05) is 50.0 Å². The van der Waals surface area contributed by atoms with E-state index in [9.17, 15) is 9.18 Å². The molecule has 4 aromatic rings. The van der Waals surface area contributed by atoms with Gasteiger partial charge in [0.15, 0.2) is 0 Å². The van der Waals surface area contributed by atoms with Crippen molar-refractivity contribution in [1.82, 2.24) is 14.5 Å². The van der Waals surface area contributed by atoms with Gasteiger partial charge in [-0.2, -0.15) is 0 Å². The molecule has 2 aliphatic rings. The highest BCUT2D eigenvalue weighted by molar-refractivity contribution is 6.04. The van der Waals surface area contributed by atoms with E-state index < -0.39 is 0 Å². The molecule has 206 valence electrons. The molecule has 40 heavy (non-hydrogen) atoms. The van der Waals surface area contributed by atoms with Crippen LogP contribution in [0.2, 0.25) is 0 Å². The fourth-order valence-corrected chi connectivity index (χ4v) is 6.01. The first-order valence-corrected chi connectivity index (χ1v) is 13.7. The largest absolute Gasteiger partial charge is 0.398 e. The van der Waals surface area contributed by atoms with Crippen LogP contribution in [0.25, 0.3) is 27.7 Å². The monoisotopic (exact) mass is 540 g/mol. The summed E-state index contributed by atoms with van der Waals surface area (Å²) < 4.78 is 21.9. The van der Waals surface area contributed by atoms with Gasteiger partial charge in [-0.25, -0.2) is 9.37 Å². The van der Waals surface area contributed by atoms with E-state index in [2.05, 4.69) is 15.5 Å². The van der Waals surface area contributed by atoms with Crippen molar-refractivity contribution in [3.8, 4) is 16.8 Å². The van der Waals surface area contributed by atoms with Crippen molar-refractivity contribution < 1.29 is 13.9 Å². The number of piperazine rings is 1. The summed E-state index contributed by atoms with van der Waals surface area (Å²) in [7, 11) is 0. The van der Waals surface area contributed by atoms with Gasteiger partial charge < -0.3 is 30.2 Å². The molecule has 0 unspecified atom stereocenters. The standard InChI is InChI=1S/C31H33FN6O2/c1-20(39)36-10-12-37(13-11-36)29-7-2-22(19-35-29)30-26-17-27(34)23(18-33)16-28(26)38(25-5-3-24(32)4-6-25)31(30)21-8-14-40-15-9-21/h2-7,16-19,21,33H,8-15,34H2,1H3. The predicted octanol–water partition coefficient (Wildman–Crippen LogP) is 4.97. The number of anilines is 2. The Kier molecular flexibility index (Phi) is 6.98. The van der Waals surface area contributed by atoms with Crippen LogP contribution in [0.3, 0.4) is 0 Å². The number of nitrogens with two attached hydrogens (primary N) is 1. The minimum Gasteiger partial charge on any atom is -0.398 e. The second-order valence-corrected chi connectivity index (χ2v) is 10.5. The molecule has 6 rings (SSSR count). The Balaban J connectivity index is 1.51. The third-order valence-electron chi connectivity index (χ3n) is 8.14. The first-order valence-electron chi connectivity index (χ1n) is 13.7. The van der Waals surface area contributed by atoms with Gasteiger partial charge in [0.05, 0.1) is 5.52 Å². The summed E-state index contributed by atoms with van der Waals surface area (Å²) in [4.78, 5) is 20.7. The Labute approximate surface area is 232 Å². The second-order valence-electron chi connectivity index (χ2n) is 10.5. The molecular weight excluding hydrogens is 507 g/mol. The molecule has 0 bridgehead atoms. The van der Waals surface area contributed by atoms with Gasteiger partial charge in [0.2, 0.25) is 5.91 Å². The molecule has 2 aliphatic heterocycles. The average molecular weight is 541 g/mol. The van der Waals surface area contributed by atoms with Crippen LogP contribution >= 0.6 is 0 Å². The number of ether oxygens (including phenoxy) is 1. The highest BCUT2D eigenvalue weighted by atomic mass is 19.1. The summed E-state index contributed by atoms with van der Waals surface area (Å²) in [6, 6.07) is 14.6. The lowest BCUT2D eigenvalue weighted by atomic mass is 9.90. The Hall–Kier alpha value is -4.24. The lowest BCUT2D eigenvalue weighted by Crippen LogP contribution is -2.48. The first-order chi connectivity index (χ1) is 19.4. The smallest absolute Gasteiger partial charge is 0.219 e. The second kappa shape index (κ2) is 10.7. The average Bonchev–Trinajstić information content (AvgIpc) is 3.31. The molecule has 4 heterocycles. The van der Waals surface area contributed by atoms with Crippen molar-refractivity contribution in [1.29, 1.82) is 5.41 Å². The van der Waals surface area contributed by atoms with Crippen LogP contribution in [-0.2, 0) is 9.53 Å². The third kappa shape index (κ3) is 4.70. The highest BCUT2D eigenvalue weighted by Gasteiger charge is 2.29. The number of halogens is 1. The maximum absolute atomic E-state index is 14.0. The van der Waals surface area contributed by atoms with Gasteiger partial charge in [-0.3, -0.25) is 4.79 Å². The zero-order valence-corrected chi connectivity index (χ0v) is 22.6. The Morgan fingerprint density at radius 2 is 1.80 bits per heavy atom. The minimum atomic E-state index is -0.290. The number of carbonyl (C=O) groups excluding carboxylic acids is 1. The third-order valence-corrected chi connectivity index (χ3v) is 8.14. The minimum absolute atomic E-state index is 0.103. The number of carbonyl (C=O) groups is 1. The zero-order valence-electron chi connectivity index (χ0n) is 22.6. The van der Waals surface area contributed by atoms with Crippen molar-refractivity contribution in [2.45, 2.75) is 25.7 Å². The molecule has 2 aromatic heterocycles. The molecule has 2 saturated heterocycles. The van der Waals surface area contributed by atoms with E-state index in [0.29, 0.717) is 37.6 Å².